The van der Waals surface area contributed by atoms with Gasteiger partial charge in [0.15, 0.2) is 5.69 Å². The number of fused-ring (bicyclic) bond motifs is 2. The van der Waals surface area contributed by atoms with Crippen molar-refractivity contribution in [2.45, 2.75) is 113 Å². The molecule has 4 heterocycles. The molecule has 4 aliphatic rings. The van der Waals surface area contributed by atoms with Gasteiger partial charge in [0.05, 0.1) is 35.6 Å². The average Bonchev–Trinajstić information content (AvgIpc) is 3.61. The monoisotopic (exact) mass is 892 g/mol. The lowest BCUT2D eigenvalue weighted by Gasteiger charge is -2.37. The number of benzene rings is 3. The lowest BCUT2D eigenvalue weighted by atomic mass is 9.85. The molecule has 1 spiro atoms. The van der Waals surface area contributed by atoms with E-state index >= 15 is 4.39 Å². The summed E-state index contributed by atoms with van der Waals surface area (Å²) in [4.78, 5) is 63.3. The lowest BCUT2D eigenvalue weighted by Crippen LogP contribution is -2.57. The molecule has 3 aliphatic heterocycles. The van der Waals surface area contributed by atoms with E-state index in [0.29, 0.717) is 67.3 Å². The first-order chi connectivity index (χ1) is 30.4. The minimum atomic E-state index is -4.47. The summed E-state index contributed by atoms with van der Waals surface area (Å²) >= 11 is 1.17. The maximum absolute atomic E-state index is 16.6. The van der Waals surface area contributed by atoms with Crippen LogP contribution >= 0.6 is 18.9 Å². The van der Waals surface area contributed by atoms with E-state index in [4.69, 9.17) is 15.8 Å². The fourth-order valence-electron chi connectivity index (χ4n) is 9.64. The maximum atomic E-state index is 16.6. The number of nitrogens with zero attached hydrogens (tertiary/aromatic N) is 4. The molecule has 4 fully saturated rings. The summed E-state index contributed by atoms with van der Waals surface area (Å²) < 4.78 is 42.6. The van der Waals surface area contributed by atoms with Crippen molar-refractivity contribution in [3.63, 3.8) is 0 Å². The van der Waals surface area contributed by atoms with Crippen molar-refractivity contribution in [2.24, 2.45) is 5.92 Å². The summed E-state index contributed by atoms with van der Waals surface area (Å²) in [7, 11) is -4.47. The van der Waals surface area contributed by atoms with Gasteiger partial charge in [-0.3, -0.25) is 23.7 Å². The molecule has 8 atom stereocenters. The number of nitriles is 1. The molecular weight excluding hydrogens is 843 g/mol. The van der Waals surface area contributed by atoms with E-state index in [2.05, 4.69) is 21.3 Å². The SMILES string of the molecule is [C-]#[N+]c1cccc([C@H]2CN(C(=O)[C@@H]3CC[C@@H]4CCCC[C@H](NC(=O)c5cc6cc([C@H](F)P(=O)(N[C@@H](C)C(=O)OCCC)Oc7ccccc7)ccc6s5)C(=O)N43)C3(CC3)[C@@H]2C#N)c1. The highest BCUT2D eigenvalue weighted by molar-refractivity contribution is 7.57. The van der Waals surface area contributed by atoms with Gasteiger partial charge in [0.25, 0.3) is 5.91 Å². The molecule has 13 nitrogen and oxygen atoms in total. The normalized spacial score (nSPS) is 24.5. The third-order valence-electron chi connectivity index (χ3n) is 12.9. The van der Waals surface area contributed by atoms with Crippen LogP contribution in [0.4, 0.5) is 10.1 Å². The van der Waals surface area contributed by atoms with Gasteiger partial charge in [0.2, 0.25) is 17.7 Å². The average molecular weight is 893 g/mol. The second-order valence-electron chi connectivity index (χ2n) is 17.0. The van der Waals surface area contributed by atoms with Crippen molar-refractivity contribution in [3.8, 4) is 11.8 Å². The fourth-order valence-corrected chi connectivity index (χ4v) is 12.5. The Hall–Kier alpha value is -5.60. The van der Waals surface area contributed by atoms with Crippen LogP contribution in [0.15, 0.2) is 78.9 Å². The third kappa shape index (κ3) is 8.71. The van der Waals surface area contributed by atoms with E-state index in [-0.39, 0.29) is 46.6 Å². The Morgan fingerprint density at radius 1 is 1.05 bits per heavy atom. The number of para-hydroxylation sites is 1. The zero-order valence-corrected chi connectivity index (χ0v) is 36.9. The molecule has 4 aromatic rings. The van der Waals surface area contributed by atoms with Gasteiger partial charge in [-0.1, -0.05) is 73.9 Å². The van der Waals surface area contributed by atoms with Crippen molar-refractivity contribution in [2.75, 3.05) is 13.2 Å². The van der Waals surface area contributed by atoms with Gasteiger partial charge >= 0.3 is 13.5 Å². The van der Waals surface area contributed by atoms with E-state index in [0.717, 1.165) is 18.4 Å². The van der Waals surface area contributed by atoms with Crippen molar-refractivity contribution in [3.05, 3.63) is 106 Å². The molecule has 0 radical (unpaired) electrons. The number of likely N-dealkylation sites (tertiary alicyclic amines) is 1. The van der Waals surface area contributed by atoms with Crippen LogP contribution < -0.4 is 14.9 Å². The number of ether oxygens (including phenoxy) is 1. The summed E-state index contributed by atoms with van der Waals surface area (Å²) in [5.74, 6) is -4.40. The Bertz CT molecular complexity index is 2540. The zero-order valence-electron chi connectivity index (χ0n) is 35.2. The summed E-state index contributed by atoms with van der Waals surface area (Å²) in [5.41, 5.74) is 0.745. The Morgan fingerprint density at radius 2 is 1.83 bits per heavy atom. The van der Waals surface area contributed by atoms with Crippen molar-refractivity contribution < 1.29 is 37.4 Å². The van der Waals surface area contributed by atoms with Crippen molar-refractivity contribution >= 4 is 58.3 Å². The van der Waals surface area contributed by atoms with Crippen molar-refractivity contribution in [1.29, 1.82) is 5.26 Å². The molecule has 8 rings (SSSR count). The van der Waals surface area contributed by atoms with Crippen LogP contribution in [-0.2, 0) is 23.7 Å². The molecule has 1 aromatic heterocycles. The van der Waals surface area contributed by atoms with Crippen LogP contribution in [-0.4, -0.2) is 76.3 Å². The summed E-state index contributed by atoms with van der Waals surface area (Å²) in [6.45, 7) is 11.2. The minimum Gasteiger partial charge on any atom is -0.465 e. The molecule has 2 N–H and O–H groups in total. The molecule has 0 bridgehead atoms. The molecule has 1 unspecified atom stereocenters. The van der Waals surface area contributed by atoms with Crippen LogP contribution in [0.3, 0.4) is 0 Å². The predicted octanol–water partition coefficient (Wildman–Crippen LogP) is 8.95. The topological polar surface area (TPSA) is 162 Å². The molecule has 1 saturated carbocycles. The standard InChI is InChI=1S/C47H50FN6O7PS/c1-4-23-60-46(58)29(2)52-62(59,61-35-14-6-5-7-15-35)42(48)31-17-20-40-32(24-31)26-41(63-40)43(55)51-38-16-9-8-13-34-18-19-39(54(34)44(38)56)45(57)53-28-36(37(27-49)47(53)21-22-47)30-11-10-12-33(25-30)50-3/h5-7,10-12,14-15,17,20,24-26,29,34,36-39,42H,4,8-9,13,16,18-19,21-23,28H2,1-2H3,(H,51,55)(H,52,59)/t29-,34-,36+,37+,38-,39-,42+,62?/m0/s1. The number of alkyl halides is 1. The number of thiophene rings is 1. The van der Waals surface area contributed by atoms with Crippen molar-refractivity contribution in [1.82, 2.24) is 20.2 Å². The van der Waals surface area contributed by atoms with Crippen LogP contribution in [0.5, 0.6) is 5.75 Å². The third-order valence-corrected chi connectivity index (χ3v) is 16.2. The van der Waals surface area contributed by atoms with Gasteiger partial charge < -0.3 is 24.4 Å². The highest BCUT2D eigenvalue weighted by Gasteiger charge is 2.64. The highest BCUT2D eigenvalue weighted by atomic mass is 32.1. The molecule has 1 aliphatic carbocycles. The number of hydrogen-bond acceptors (Lipinski definition) is 9. The summed E-state index contributed by atoms with van der Waals surface area (Å²) in [5, 5.41) is 16.5. The first kappa shape index (κ1) is 44.0. The van der Waals surface area contributed by atoms with E-state index in [1.54, 1.807) is 47.4 Å². The second-order valence-corrected chi connectivity index (χ2v) is 20.2. The quantitative estimate of drug-likeness (QED) is 0.0758. The summed E-state index contributed by atoms with van der Waals surface area (Å²) in [6.07, 6.45) is 5.83. The van der Waals surface area contributed by atoms with E-state index in [1.807, 2.05) is 24.0 Å². The van der Waals surface area contributed by atoms with Gasteiger partial charge in [-0.15, -0.1) is 11.3 Å². The number of nitrogens with one attached hydrogen (secondary N) is 2. The number of carbonyl (C=O) groups is 4. The van der Waals surface area contributed by atoms with E-state index in [9.17, 15) is 29.0 Å². The molecular formula is C47H50FN6O7PS. The predicted molar refractivity (Wildman–Crippen MR) is 236 cm³/mol. The smallest absolute Gasteiger partial charge is 0.355 e. The first-order valence-electron chi connectivity index (χ1n) is 21.7. The van der Waals surface area contributed by atoms with Crippen LogP contribution in [0.2, 0.25) is 0 Å². The molecule has 3 aromatic carbocycles. The largest absolute Gasteiger partial charge is 0.465 e. The summed E-state index contributed by atoms with van der Waals surface area (Å²) in [6, 6.07) is 21.1. The zero-order chi connectivity index (χ0) is 44.5. The van der Waals surface area contributed by atoms with E-state index < -0.39 is 54.9 Å². The second kappa shape index (κ2) is 18.2. The highest BCUT2D eigenvalue weighted by Crippen LogP contribution is 2.59. The molecule has 63 heavy (non-hydrogen) atoms. The van der Waals surface area contributed by atoms with Gasteiger partial charge in [0, 0.05) is 23.2 Å². The number of rotatable bonds is 13. The fraction of sp³-hybridized carbons (Fsp3) is 0.447. The number of hydrogen-bond donors (Lipinski definition) is 2. The number of amides is 3. The molecule has 3 amide bonds. The number of carbonyl (C=O) groups excluding carboxylic acids is 4. The van der Waals surface area contributed by atoms with Gasteiger partial charge in [0.1, 0.15) is 23.9 Å². The van der Waals surface area contributed by atoms with Gasteiger partial charge in [-0.2, -0.15) is 5.26 Å². The Labute approximate surface area is 370 Å². The molecule has 16 heteroatoms. The Balaban J connectivity index is 0.993. The first-order valence-corrected chi connectivity index (χ1v) is 24.2. The van der Waals surface area contributed by atoms with Crippen LogP contribution in [0, 0.1) is 23.8 Å². The van der Waals surface area contributed by atoms with Crippen LogP contribution in [0.1, 0.15) is 104 Å². The van der Waals surface area contributed by atoms with E-state index in [1.165, 1.54) is 42.5 Å². The maximum Gasteiger partial charge on any atom is 0.355 e. The lowest BCUT2D eigenvalue weighted by molar-refractivity contribution is -0.148. The van der Waals surface area contributed by atoms with Gasteiger partial charge in [-0.05, 0) is 93.2 Å². The number of halogens is 1. The van der Waals surface area contributed by atoms with Crippen LogP contribution in [0.25, 0.3) is 14.9 Å². The molecule has 3 saturated heterocycles. The Kier molecular flexibility index (Phi) is 12.8. The Morgan fingerprint density at radius 3 is 2.56 bits per heavy atom. The minimum absolute atomic E-state index is 0.00871. The van der Waals surface area contributed by atoms with Gasteiger partial charge in [-0.25, -0.2) is 14.3 Å². The number of esters is 1. The molecule has 328 valence electrons.